The van der Waals surface area contributed by atoms with E-state index in [2.05, 4.69) is 12.2 Å². The van der Waals surface area contributed by atoms with Crippen molar-refractivity contribution in [3.05, 3.63) is 47.5 Å². The molecule has 0 aromatic heterocycles. The van der Waals surface area contributed by atoms with E-state index in [0.717, 1.165) is 53.4 Å². The summed E-state index contributed by atoms with van der Waals surface area (Å²) < 4.78 is 22.4. The van der Waals surface area contributed by atoms with Crippen LogP contribution in [-0.4, -0.2) is 34.2 Å². The van der Waals surface area contributed by atoms with Crippen LogP contribution in [0.4, 0.5) is 0 Å². The van der Waals surface area contributed by atoms with Gasteiger partial charge >= 0.3 is 0 Å². The van der Waals surface area contributed by atoms with Crippen LogP contribution >= 0.6 is 0 Å². The van der Waals surface area contributed by atoms with E-state index >= 15 is 0 Å². The standard InChI is InChI=1S/C26H33NO5/c1-6-15-11-20-24(18-13-16(29-2)7-9-22(18)31-4)27-25(21(12-15)26(20)28)19-14-17(30-3)8-10-23(19)32-5/h7-10,13-15,20-21,24-25,27H,6,11-12H2,1-5H3/t15?,20-,21+,24-,25+. The average molecular weight is 440 g/mol. The van der Waals surface area contributed by atoms with Gasteiger partial charge in [-0.2, -0.15) is 0 Å². The highest BCUT2D eigenvalue weighted by Crippen LogP contribution is 2.51. The maximum atomic E-state index is 13.8. The van der Waals surface area contributed by atoms with E-state index in [9.17, 15) is 4.79 Å². The third-order valence-corrected chi connectivity index (χ3v) is 7.19. The number of nitrogens with one attached hydrogen (secondary N) is 1. The third-order valence-electron chi connectivity index (χ3n) is 7.19. The van der Waals surface area contributed by atoms with E-state index in [1.54, 1.807) is 28.4 Å². The lowest BCUT2D eigenvalue weighted by Crippen LogP contribution is -2.52. The Morgan fingerprint density at radius 2 is 1.25 bits per heavy atom. The summed E-state index contributed by atoms with van der Waals surface area (Å²) in [6.07, 6.45) is 2.82. The summed E-state index contributed by atoms with van der Waals surface area (Å²) in [6.45, 7) is 2.21. The van der Waals surface area contributed by atoms with Crippen LogP contribution in [0.2, 0.25) is 0 Å². The molecule has 5 atom stereocenters. The second kappa shape index (κ2) is 9.41. The minimum atomic E-state index is -0.181. The van der Waals surface area contributed by atoms with Gasteiger partial charge in [-0.1, -0.05) is 13.3 Å². The Morgan fingerprint density at radius 3 is 1.62 bits per heavy atom. The minimum Gasteiger partial charge on any atom is -0.497 e. The van der Waals surface area contributed by atoms with Gasteiger partial charge in [-0.25, -0.2) is 0 Å². The predicted molar refractivity (Wildman–Crippen MR) is 123 cm³/mol. The first-order chi connectivity index (χ1) is 15.5. The summed E-state index contributed by atoms with van der Waals surface area (Å²) in [5.41, 5.74) is 1.90. The maximum absolute atomic E-state index is 13.8. The number of Topliss-reactive ketones (excluding diaryl/α,β-unsaturated/α-hetero) is 1. The molecule has 1 heterocycles. The Hall–Kier alpha value is -2.73. The summed E-state index contributed by atoms with van der Waals surface area (Å²) in [4.78, 5) is 13.8. The lowest BCUT2D eigenvalue weighted by atomic mass is 9.63. The van der Waals surface area contributed by atoms with Crippen molar-refractivity contribution in [1.29, 1.82) is 0 Å². The van der Waals surface area contributed by atoms with Crippen LogP contribution < -0.4 is 24.3 Å². The van der Waals surface area contributed by atoms with Gasteiger partial charge in [0.15, 0.2) is 0 Å². The van der Waals surface area contributed by atoms with Crippen molar-refractivity contribution in [1.82, 2.24) is 5.32 Å². The third kappa shape index (κ3) is 3.92. The summed E-state index contributed by atoms with van der Waals surface area (Å²) in [5, 5.41) is 3.82. The molecule has 172 valence electrons. The molecule has 32 heavy (non-hydrogen) atoms. The molecular weight excluding hydrogens is 406 g/mol. The minimum absolute atomic E-state index is 0.104. The lowest BCUT2D eigenvalue weighted by molar-refractivity contribution is -0.137. The number of ketones is 1. The maximum Gasteiger partial charge on any atom is 0.142 e. The number of ether oxygens (including phenoxy) is 4. The number of piperidine rings is 1. The first-order valence-corrected chi connectivity index (χ1v) is 11.3. The summed E-state index contributed by atoms with van der Waals surface area (Å²) in [5.74, 6) is 3.61. The van der Waals surface area contributed by atoms with Crippen molar-refractivity contribution in [2.75, 3.05) is 28.4 Å². The zero-order chi connectivity index (χ0) is 22.8. The van der Waals surface area contributed by atoms with Gasteiger partial charge in [0.2, 0.25) is 0 Å². The Labute approximate surface area is 190 Å². The van der Waals surface area contributed by atoms with Crippen LogP contribution in [0, 0.1) is 17.8 Å². The fourth-order valence-electron chi connectivity index (χ4n) is 5.46. The smallest absolute Gasteiger partial charge is 0.142 e. The van der Waals surface area contributed by atoms with E-state index in [1.807, 2.05) is 36.4 Å². The van der Waals surface area contributed by atoms with Crippen LogP contribution in [0.1, 0.15) is 49.4 Å². The number of hydrogen-bond donors (Lipinski definition) is 1. The topological polar surface area (TPSA) is 66.0 Å². The lowest BCUT2D eigenvalue weighted by Gasteiger charge is -2.48. The van der Waals surface area contributed by atoms with Gasteiger partial charge in [0.1, 0.15) is 28.8 Å². The van der Waals surface area contributed by atoms with Crippen LogP contribution in [0.25, 0.3) is 0 Å². The van der Waals surface area contributed by atoms with E-state index in [0.29, 0.717) is 11.7 Å². The number of methoxy groups -OCH3 is 4. The second-order valence-corrected chi connectivity index (χ2v) is 8.70. The molecule has 1 N–H and O–H groups in total. The second-order valence-electron chi connectivity index (χ2n) is 8.70. The van der Waals surface area contributed by atoms with E-state index in [-0.39, 0.29) is 23.9 Å². The van der Waals surface area contributed by atoms with Gasteiger partial charge in [-0.3, -0.25) is 4.79 Å². The Bertz CT molecular complexity index is 901. The number of fused-ring (bicyclic) bond motifs is 2. The average Bonchev–Trinajstić information content (AvgIpc) is 2.83. The first kappa shape index (κ1) is 22.5. The van der Waals surface area contributed by atoms with Crippen LogP contribution in [0.15, 0.2) is 36.4 Å². The Balaban J connectivity index is 1.84. The van der Waals surface area contributed by atoms with Gasteiger partial charge in [0.05, 0.1) is 28.4 Å². The molecule has 2 aromatic rings. The molecule has 6 nitrogen and oxygen atoms in total. The molecule has 1 saturated heterocycles. The number of carbonyl (C=O) groups excluding carboxylic acids is 1. The summed E-state index contributed by atoms with van der Waals surface area (Å²) in [7, 11) is 6.63. The molecule has 1 saturated carbocycles. The fraction of sp³-hybridized carbons (Fsp3) is 0.500. The van der Waals surface area contributed by atoms with E-state index in [1.165, 1.54) is 0 Å². The molecule has 1 aliphatic carbocycles. The van der Waals surface area contributed by atoms with Crippen molar-refractivity contribution in [2.24, 2.45) is 17.8 Å². The highest BCUT2D eigenvalue weighted by atomic mass is 16.5. The highest BCUT2D eigenvalue weighted by Gasteiger charge is 2.50. The Morgan fingerprint density at radius 1 is 0.781 bits per heavy atom. The quantitative estimate of drug-likeness (QED) is 0.673. The fourth-order valence-corrected chi connectivity index (χ4v) is 5.46. The van der Waals surface area contributed by atoms with E-state index < -0.39 is 0 Å². The van der Waals surface area contributed by atoms with Crippen LogP contribution in [0.5, 0.6) is 23.0 Å². The summed E-state index contributed by atoms with van der Waals surface area (Å²) in [6, 6.07) is 11.2. The molecule has 1 aliphatic heterocycles. The molecule has 2 aromatic carbocycles. The SMILES string of the molecule is CCC1C[C@@H]2C(=O)[C@H](C1)[C@@H](c1cc(OC)ccc1OC)N[C@H]2c1cc(OC)ccc1OC. The zero-order valence-electron chi connectivity index (χ0n) is 19.5. The predicted octanol–water partition coefficient (Wildman–Crippen LogP) is 4.73. The molecule has 2 bridgehead atoms. The molecule has 4 rings (SSSR count). The van der Waals surface area contributed by atoms with Gasteiger partial charge < -0.3 is 24.3 Å². The molecule has 2 fully saturated rings. The van der Waals surface area contributed by atoms with Crippen molar-refractivity contribution >= 4 is 5.78 Å². The number of benzene rings is 2. The van der Waals surface area contributed by atoms with Gasteiger partial charge in [0, 0.05) is 35.0 Å². The molecule has 1 unspecified atom stereocenters. The van der Waals surface area contributed by atoms with Crippen molar-refractivity contribution in [2.45, 2.75) is 38.3 Å². The summed E-state index contributed by atoms with van der Waals surface area (Å²) >= 11 is 0. The van der Waals surface area contributed by atoms with Gasteiger partial charge in [0.25, 0.3) is 0 Å². The van der Waals surface area contributed by atoms with Gasteiger partial charge in [-0.15, -0.1) is 0 Å². The Kier molecular flexibility index (Phi) is 6.60. The molecule has 6 heteroatoms. The number of rotatable bonds is 7. The zero-order valence-corrected chi connectivity index (χ0v) is 19.5. The monoisotopic (exact) mass is 439 g/mol. The molecule has 0 spiro atoms. The molecule has 0 radical (unpaired) electrons. The number of hydrogen-bond acceptors (Lipinski definition) is 6. The van der Waals surface area contributed by atoms with Gasteiger partial charge in [-0.05, 0) is 55.2 Å². The van der Waals surface area contributed by atoms with Crippen LogP contribution in [0.3, 0.4) is 0 Å². The van der Waals surface area contributed by atoms with E-state index in [4.69, 9.17) is 18.9 Å². The van der Waals surface area contributed by atoms with Crippen LogP contribution in [-0.2, 0) is 4.79 Å². The highest BCUT2D eigenvalue weighted by molar-refractivity contribution is 5.87. The molecular formula is C26H33NO5. The van der Waals surface area contributed by atoms with Crippen molar-refractivity contribution in [3.63, 3.8) is 0 Å². The normalized spacial score (nSPS) is 27.0. The first-order valence-electron chi connectivity index (χ1n) is 11.3. The van der Waals surface area contributed by atoms with Crippen molar-refractivity contribution < 1.29 is 23.7 Å². The number of carbonyl (C=O) groups is 1. The van der Waals surface area contributed by atoms with Crippen molar-refractivity contribution in [3.8, 4) is 23.0 Å². The molecule has 2 aliphatic rings. The largest absolute Gasteiger partial charge is 0.497 e. The molecule has 0 amide bonds.